The lowest BCUT2D eigenvalue weighted by Gasteiger charge is -2.19. The minimum Gasteiger partial charge on any atom is -0.497 e. The molecule has 0 bridgehead atoms. The lowest BCUT2D eigenvalue weighted by Crippen LogP contribution is -2.32. The Kier molecular flexibility index (Phi) is 5.75. The minimum absolute atomic E-state index is 0.0403. The number of nitrogens with one attached hydrogen (secondary N) is 1. The maximum atomic E-state index is 13.0. The van der Waals surface area contributed by atoms with E-state index in [9.17, 15) is 9.59 Å². The zero-order valence-electron chi connectivity index (χ0n) is 15.6. The molecule has 8 heteroatoms. The van der Waals surface area contributed by atoms with Gasteiger partial charge in [-0.05, 0) is 31.2 Å². The molecule has 28 heavy (non-hydrogen) atoms. The first kappa shape index (κ1) is 19.6. The number of amides is 2. The lowest BCUT2D eigenvalue weighted by molar-refractivity contribution is -0.120. The number of para-hydroxylation sites is 2. The SMILES string of the molecule is CCOc1ccccc1N1C(=O)C(Cl)=C(Nc2ccc(OC)cc2OC)C1=O. The summed E-state index contributed by atoms with van der Waals surface area (Å²) in [5.41, 5.74) is 0.759. The fraction of sp³-hybridized carbons (Fsp3) is 0.200. The van der Waals surface area contributed by atoms with Gasteiger partial charge in [-0.15, -0.1) is 0 Å². The van der Waals surface area contributed by atoms with Crippen LogP contribution in [0.2, 0.25) is 0 Å². The Morgan fingerprint density at radius 3 is 2.43 bits per heavy atom. The molecule has 0 aliphatic carbocycles. The van der Waals surface area contributed by atoms with Crippen molar-refractivity contribution >= 4 is 34.8 Å². The molecule has 2 aromatic carbocycles. The average molecular weight is 403 g/mol. The number of methoxy groups -OCH3 is 2. The first-order chi connectivity index (χ1) is 13.5. The van der Waals surface area contributed by atoms with Crippen LogP contribution in [0, 0.1) is 0 Å². The van der Waals surface area contributed by atoms with Gasteiger partial charge in [-0.2, -0.15) is 0 Å². The number of nitrogens with zero attached hydrogens (tertiary/aromatic N) is 1. The Hall–Kier alpha value is -3.19. The molecule has 1 heterocycles. The third kappa shape index (κ3) is 3.48. The van der Waals surface area contributed by atoms with E-state index in [1.54, 1.807) is 42.5 Å². The van der Waals surface area contributed by atoms with Crippen LogP contribution in [0.4, 0.5) is 11.4 Å². The van der Waals surface area contributed by atoms with Crippen molar-refractivity contribution < 1.29 is 23.8 Å². The van der Waals surface area contributed by atoms with Gasteiger partial charge in [0, 0.05) is 6.07 Å². The fourth-order valence-corrected chi connectivity index (χ4v) is 3.00. The van der Waals surface area contributed by atoms with Crippen LogP contribution in [0.25, 0.3) is 0 Å². The number of hydrogen-bond acceptors (Lipinski definition) is 6. The summed E-state index contributed by atoms with van der Waals surface area (Å²) in [5, 5.41) is 2.69. The summed E-state index contributed by atoms with van der Waals surface area (Å²) in [5.74, 6) is 0.224. The zero-order chi connectivity index (χ0) is 20.3. The van der Waals surface area contributed by atoms with Crippen molar-refractivity contribution in [2.24, 2.45) is 0 Å². The second kappa shape index (κ2) is 8.22. The van der Waals surface area contributed by atoms with Crippen molar-refractivity contribution in [3.63, 3.8) is 0 Å². The summed E-state index contributed by atoms with van der Waals surface area (Å²) in [4.78, 5) is 26.7. The molecule has 2 aromatic rings. The van der Waals surface area contributed by atoms with Crippen LogP contribution in [-0.4, -0.2) is 32.6 Å². The standard InChI is InChI=1S/C20H19ClN2O5/c1-4-28-15-8-6-5-7-14(15)23-19(24)17(21)18(20(23)25)22-13-10-9-12(26-2)11-16(13)27-3/h5-11,22H,4H2,1-3H3. The number of carbonyl (C=O) groups is 2. The Labute approximate surface area is 167 Å². The molecule has 0 unspecified atom stereocenters. The molecule has 1 N–H and O–H groups in total. The van der Waals surface area contributed by atoms with Crippen LogP contribution in [0.15, 0.2) is 53.2 Å². The Bertz CT molecular complexity index is 957. The van der Waals surface area contributed by atoms with E-state index in [1.807, 2.05) is 6.92 Å². The topological polar surface area (TPSA) is 77.1 Å². The van der Waals surface area contributed by atoms with E-state index >= 15 is 0 Å². The van der Waals surface area contributed by atoms with Crippen molar-refractivity contribution in [1.29, 1.82) is 0 Å². The highest BCUT2D eigenvalue weighted by Crippen LogP contribution is 2.37. The predicted octanol–water partition coefficient (Wildman–Crippen LogP) is 3.54. The molecule has 0 radical (unpaired) electrons. The quantitative estimate of drug-likeness (QED) is 0.714. The summed E-state index contributed by atoms with van der Waals surface area (Å²) < 4.78 is 16.0. The van der Waals surface area contributed by atoms with Crippen LogP contribution in [0.1, 0.15) is 6.92 Å². The predicted molar refractivity (Wildman–Crippen MR) is 106 cm³/mol. The summed E-state index contributed by atoms with van der Waals surface area (Å²) >= 11 is 6.20. The van der Waals surface area contributed by atoms with Crippen LogP contribution >= 0.6 is 11.6 Å². The van der Waals surface area contributed by atoms with E-state index in [0.29, 0.717) is 35.2 Å². The maximum Gasteiger partial charge on any atom is 0.283 e. The van der Waals surface area contributed by atoms with Crippen molar-refractivity contribution in [1.82, 2.24) is 0 Å². The molecule has 0 saturated heterocycles. The molecule has 0 spiro atoms. The second-order valence-electron chi connectivity index (χ2n) is 5.73. The van der Waals surface area contributed by atoms with E-state index in [1.165, 1.54) is 14.2 Å². The van der Waals surface area contributed by atoms with Gasteiger partial charge in [0.15, 0.2) is 0 Å². The highest BCUT2D eigenvalue weighted by Gasteiger charge is 2.40. The minimum atomic E-state index is -0.631. The number of halogens is 1. The van der Waals surface area contributed by atoms with Crippen molar-refractivity contribution in [3.05, 3.63) is 53.2 Å². The molecule has 3 rings (SSSR count). The van der Waals surface area contributed by atoms with Gasteiger partial charge in [-0.3, -0.25) is 9.59 Å². The summed E-state index contributed by atoms with van der Waals surface area (Å²) in [6.07, 6.45) is 0. The van der Waals surface area contributed by atoms with Gasteiger partial charge in [0.1, 0.15) is 28.0 Å². The van der Waals surface area contributed by atoms with E-state index in [0.717, 1.165) is 4.90 Å². The molecule has 0 fully saturated rings. The zero-order valence-corrected chi connectivity index (χ0v) is 16.4. The fourth-order valence-electron chi connectivity index (χ4n) is 2.79. The molecule has 1 aliphatic rings. The van der Waals surface area contributed by atoms with Gasteiger partial charge in [-0.1, -0.05) is 23.7 Å². The Morgan fingerprint density at radius 2 is 1.75 bits per heavy atom. The number of rotatable bonds is 7. The molecular formula is C20H19ClN2O5. The smallest absolute Gasteiger partial charge is 0.283 e. The molecule has 7 nitrogen and oxygen atoms in total. The third-order valence-corrected chi connectivity index (χ3v) is 4.45. The number of imide groups is 1. The highest BCUT2D eigenvalue weighted by molar-refractivity contribution is 6.53. The normalized spacial score (nSPS) is 13.8. The number of anilines is 2. The van der Waals surface area contributed by atoms with Crippen LogP contribution in [-0.2, 0) is 9.59 Å². The Morgan fingerprint density at radius 1 is 1.00 bits per heavy atom. The lowest BCUT2D eigenvalue weighted by atomic mass is 10.2. The molecule has 0 atom stereocenters. The summed E-state index contributed by atoms with van der Waals surface area (Å²) in [7, 11) is 3.02. The first-order valence-electron chi connectivity index (χ1n) is 8.51. The number of carbonyl (C=O) groups excluding carboxylic acids is 2. The summed E-state index contributed by atoms with van der Waals surface area (Å²) in [6.45, 7) is 2.21. The molecular weight excluding hydrogens is 384 g/mol. The van der Waals surface area contributed by atoms with Crippen LogP contribution in [0.5, 0.6) is 17.2 Å². The van der Waals surface area contributed by atoms with E-state index in [4.69, 9.17) is 25.8 Å². The first-order valence-corrected chi connectivity index (χ1v) is 8.89. The van der Waals surface area contributed by atoms with E-state index < -0.39 is 11.8 Å². The van der Waals surface area contributed by atoms with E-state index in [2.05, 4.69) is 5.32 Å². The molecule has 146 valence electrons. The number of ether oxygens (including phenoxy) is 3. The van der Waals surface area contributed by atoms with Gasteiger partial charge in [0.2, 0.25) is 0 Å². The van der Waals surface area contributed by atoms with Crippen LogP contribution < -0.4 is 24.4 Å². The van der Waals surface area contributed by atoms with Crippen molar-refractivity contribution in [3.8, 4) is 17.2 Å². The average Bonchev–Trinajstić information content (AvgIpc) is 2.92. The largest absolute Gasteiger partial charge is 0.497 e. The molecule has 0 aromatic heterocycles. The molecule has 0 saturated carbocycles. The monoisotopic (exact) mass is 402 g/mol. The third-order valence-electron chi connectivity index (χ3n) is 4.10. The van der Waals surface area contributed by atoms with E-state index in [-0.39, 0.29) is 10.7 Å². The Balaban J connectivity index is 1.95. The summed E-state index contributed by atoms with van der Waals surface area (Å²) in [6, 6.07) is 11.8. The van der Waals surface area contributed by atoms with Gasteiger partial charge < -0.3 is 19.5 Å². The maximum absolute atomic E-state index is 13.0. The van der Waals surface area contributed by atoms with Crippen molar-refractivity contribution in [2.45, 2.75) is 6.92 Å². The van der Waals surface area contributed by atoms with Crippen LogP contribution in [0.3, 0.4) is 0 Å². The number of benzene rings is 2. The van der Waals surface area contributed by atoms with Gasteiger partial charge in [0.25, 0.3) is 11.8 Å². The van der Waals surface area contributed by atoms with Gasteiger partial charge >= 0.3 is 0 Å². The van der Waals surface area contributed by atoms with Gasteiger partial charge in [-0.25, -0.2) is 4.90 Å². The molecule has 2 amide bonds. The number of hydrogen-bond donors (Lipinski definition) is 1. The highest BCUT2D eigenvalue weighted by atomic mass is 35.5. The van der Waals surface area contributed by atoms with Gasteiger partial charge in [0.05, 0.1) is 32.2 Å². The molecule has 1 aliphatic heterocycles. The second-order valence-corrected chi connectivity index (χ2v) is 6.10. The van der Waals surface area contributed by atoms with Crippen molar-refractivity contribution in [2.75, 3.05) is 31.0 Å².